The minimum Gasteiger partial charge on any atom is -0.492 e. The van der Waals surface area contributed by atoms with Gasteiger partial charge in [-0.1, -0.05) is 0 Å². The predicted octanol–water partition coefficient (Wildman–Crippen LogP) is 1.68. The Balaban J connectivity index is 1.76. The Hall–Kier alpha value is -3.05. The third-order valence-electron chi connectivity index (χ3n) is 6.85. The Morgan fingerprint density at radius 3 is 2.75 bits per heavy atom. The molecule has 0 spiro atoms. The van der Waals surface area contributed by atoms with E-state index >= 15 is 4.39 Å². The molecule has 3 heterocycles. The second kappa shape index (κ2) is 7.24. The number of ether oxygens (including phenoxy) is 3. The van der Waals surface area contributed by atoms with E-state index in [0.29, 0.717) is 31.8 Å². The fourth-order valence-electron chi connectivity index (χ4n) is 5.15. The van der Waals surface area contributed by atoms with Gasteiger partial charge in [-0.05, 0) is 19.3 Å². The number of benzene rings is 1. The monoisotopic (exact) mass is 448 g/mol. The lowest BCUT2D eigenvalue weighted by Crippen LogP contribution is -2.44. The van der Waals surface area contributed by atoms with Crippen molar-refractivity contribution in [2.24, 2.45) is 11.7 Å². The fourth-order valence-corrected chi connectivity index (χ4v) is 5.15. The van der Waals surface area contributed by atoms with Crippen molar-refractivity contribution < 1.29 is 28.5 Å². The van der Waals surface area contributed by atoms with E-state index < -0.39 is 28.8 Å². The van der Waals surface area contributed by atoms with Crippen LogP contribution in [0.5, 0.6) is 11.5 Å². The molecule has 1 aromatic heterocycles. The highest BCUT2D eigenvalue weighted by atomic mass is 19.1. The molecule has 2 unspecified atom stereocenters. The van der Waals surface area contributed by atoms with Gasteiger partial charge in [0.1, 0.15) is 11.3 Å². The average molecular weight is 448 g/mol. The van der Waals surface area contributed by atoms with Gasteiger partial charge in [-0.2, -0.15) is 0 Å². The lowest BCUT2D eigenvalue weighted by molar-refractivity contribution is 0.0126. The van der Waals surface area contributed by atoms with Crippen LogP contribution in [0.4, 0.5) is 20.6 Å². The first-order valence-corrected chi connectivity index (χ1v) is 10.5. The first-order valence-electron chi connectivity index (χ1n) is 10.5. The SMILES string of the molecule is COc1c(N2CC3CCOC3(CN)C2)c(F)c(N)c2c(=O)c(OC(=O)O)cn(C3CC3)c12. The molecule has 5 rings (SSSR count). The summed E-state index contributed by atoms with van der Waals surface area (Å²) in [5, 5.41) is 8.86. The van der Waals surface area contributed by atoms with E-state index in [9.17, 15) is 9.59 Å². The van der Waals surface area contributed by atoms with Crippen molar-refractivity contribution in [2.75, 3.05) is 44.0 Å². The third kappa shape index (κ3) is 2.91. The zero-order valence-corrected chi connectivity index (χ0v) is 17.6. The lowest BCUT2D eigenvalue weighted by Gasteiger charge is -2.29. The third-order valence-corrected chi connectivity index (χ3v) is 6.85. The molecule has 11 heteroatoms. The molecule has 0 bridgehead atoms. The molecule has 1 saturated carbocycles. The molecule has 1 aromatic carbocycles. The van der Waals surface area contributed by atoms with Crippen molar-refractivity contribution in [1.82, 2.24) is 4.57 Å². The Bertz CT molecular complexity index is 1180. The van der Waals surface area contributed by atoms with Crippen molar-refractivity contribution in [1.29, 1.82) is 0 Å². The number of nitrogen functional groups attached to an aromatic ring is 1. The van der Waals surface area contributed by atoms with E-state index in [1.165, 1.54) is 13.3 Å². The molecular formula is C21H25FN4O6. The summed E-state index contributed by atoms with van der Waals surface area (Å²) in [6, 6.07) is -0.00229. The van der Waals surface area contributed by atoms with Gasteiger partial charge in [-0.25, -0.2) is 9.18 Å². The van der Waals surface area contributed by atoms with Gasteiger partial charge in [-0.15, -0.1) is 0 Å². The first kappa shape index (κ1) is 20.8. The standard InChI is InChI=1S/C21H25FN4O6/c1-30-19-16-13(18(27)12(32-20(28)29)7-26(16)11-2-3-11)15(24)14(22)17(19)25-6-10-4-5-31-21(10,8-23)9-25/h7,10-11H,2-6,8-9,23-24H2,1H3,(H,28,29). The number of carbonyl (C=O) groups is 1. The van der Waals surface area contributed by atoms with Crippen molar-refractivity contribution in [3.63, 3.8) is 0 Å². The molecule has 172 valence electrons. The average Bonchev–Trinajstić information content (AvgIpc) is 3.43. The zero-order chi connectivity index (χ0) is 22.8. The number of pyridine rings is 1. The van der Waals surface area contributed by atoms with Crippen LogP contribution in [0.15, 0.2) is 11.0 Å². The van der Waals surface area contributed by atoms with Crippen LogP contribution in [0, 0.1) is 11.7 Å². The lowest BCUT2D eigenvalue weighted by atomic mass is 9.91. The number of nitrogens with two attached hydrogens (primary N) is 2. The number of rotatable bonds is 5. The largest absolute Gasteiger partial charge is 0.511 e. The number of carboxylic acid groups (broad SMARTS) is 1. The van der Waals surface area contributed by atoms with Gasteiger partial charge in [0.05, 0.1) is 29.9 Å². The smallest absolute Gasteiger partial charge is 0.492 e. The van der Waals surface area contributed by atoms with Gasteiger partial charge in [-0.3, -0.25) is 4.79 Å². The molecule has 2 aromatic rings. The molecule has 10 nitrogen and oxygen atoms in total. The second-order valence-corrected chi connectivity index (χ2v) is 8.65. The highest BCUT2D eigenvalue weighted by Crippen LogP contribution is 2.49. The molecule has 1 aliphatic carbocycles. The van der Waals surface area contributed by atoms with Crippen LogP contribution in [0.2, 0.25) is 0 Å². The van der Waals surface area contributed by atoms with E-state index in [0.717, 1.165) is 19.3 Å². The number of hydrogen-bond donors (Lipinski definition) is 3. The summed E-state index contributed by atoms with van der Waals surface area (Å²) in [6.45, 7) is 1.82. The minimum atomic E-state index is -1.64. The van der Waals surface area contributed by atoms with E-state index in [1.54, 1.807) is 4.57 Å². The van der Waals surface area contributed by atoms with Crippen LogP contribution in [-0.2, 0) is 4.74 Å². The van der Waals surface area contributed by atoms with Crippen LogP contribution in [0.25, 0.3) is 10.9 Å². The fraction of sp³-hybridized carbons (Fsp3) is 0.524. The Labute approximate surface area is 182 Å². The van der Waals surface area contributed by atoms with Crippen LogP contribution in [0.1, 0.15) is 25.3 Å². The van der Waals surface area contributed by atoms with Crippen molar-refractivity contribution in [3.8, 4) is 11.5 Å². The number of halogens is 1. The molecule has 3 fully saturated rings. The zero-order valence-electron chi connectivity index (χ0n) is 17.6. The summed E-state index contributed by atoms with van der Waals surface area (Å²) >= 11 is 0. The van der Waals surface area contributed by atoms with E-state index in [4.69, 9.17) is 26.0 Å². The van der Waals surface area contributed by atoms with Gasteiger partial charge >= 0.3 is 6.16 Å². The highest BCUT2D eigenvalue weighted by Gasteiger charge is 2.51. The number of methoxy groups -OCH3 is 1. The number of aromatic nitrogens is 1. The van der Waals surface area contributed by atoms with E-state index in [2.05, 4.69) is 4.74 Å². The van der Waals surface area contributed by atoms with Crippen LogP contribution in [0.3, 0.4) is 0 Å². The molecule has 2 atom stereocenters. The van der Waals surface area contributed by atoms with Crippen LogP contribution < -0.4 is 31.3 Å². The van der Waals surface area contributed by atoms with E-state index in [-0.39, 0.29) is 34.5 Å². The maximum Gasteiger partial charge on any atom is 0.511 e. The molecule has 0 amide bonds. The molecule has 2 aliphatic heterocycles. The number of fused-ring (bicyclic) bond motifs is 2. The topological polar surface area (TPSA) is 142 Å². The van der Waals surface area contributed by atoms with Crippen molar-refractivity contribution >= 4 is 28.4 Å². The number of nitrogens with zero attached hydrogens (tertiary/aromatic N) is 2. The van der Waals surface area contributed by atoms with Crippen molar-refractivity contribution in [2.45, 2.75) is 30.9 Å². The highest BCUT2D eigenvalue weighted by molar-refractivity contribution is 6.01. The summed E-state index contributed by atoms with van der Waals surface area (Å²) in [6.07, 6.45) is 2.15. The van der Waals surface area contributed by atoms with Crippen LogP contribution in [-0.4, -0.2) is 54.8 Å². The van der Waals surface area contributed by atoms with Gasteiger partial charge in [0.15, 0.2) is 17.3 Å². The Kier molecular flexibility index (Phi) is 4.71. The van der Waals surface area contributed by atoms with Gasteiger partial charge in [0.25, 0.3) is 0 Å². The summed E-state index contributed by atoms with van der Waals surface area (Å²) in [5.41, 5.74) is 10.9. The maximum absolute atomic E-state index is 15.7. The quantitative estimate of drug-likeness (QED) is 0.460. The van der Waals surface area contributed by atoms with E-state index in [1.807, 2.05) is 4.90 Å². The molecule has 5 N–H and O–H groups in total. The van der Waals surface area contributed by atoms with Crippen LogP contribution >= 0.6 is 0 Å². The molecule has 32 heavy (non-hydrogen) atoms. The molecule has 2 saturated heterocycles. The molecule has 3 aliphatic rings. The molecular weight excluding hydrogens is 423 g/mol. The summed E-state index contributed by atoms with van der Waals surface area (Å²) in [5.74, 6) is -0.910. The van der Waals surface area contributed by atoms with Gasteiger partial charge in [0.2, 0.25) is 5.43 Å². The maximum atomic E-state index is 15.7. The Morgan fingerprint density at radius 1 is 1.41 bits per heavy atom. The number of hydrogen-bond acceptors (Lipinski definition) is 8. The summed E-state index contributed by atoms with van der Waals surface area (Å²) < 4.78 is 33.7. The van der Waals surface area contributed by atoms with Gasteiger partial charge < -0.3 is 40.3 Å². The summed E-state index contributed by atoms with van der Waals surface area (Å²) in [7, 11) is 1.41. The van der Waals surface area contributed by atoms with Gasteiger partial charge in [0, 0.05) is 38.2 Å². The summed E-state index contributed by atoms with van der Waals surface area (Å²) in [4.78, 5) is 25.9. The predicted molar refractivity (Wildman–Crippen MR) is 114 cm³/mol. The molecule has 0 radical (unpaired) electrons. The number of anilines is 2. The second-order valence-electron chi connectivity index (χ2n) is 8.65. The minimum absolute atomic E-state index is 0.00229. The Morgan fingerprint density at radius 2 is 2.16 bits per heavy atom. The first-order chi connectivity index (χ1) is 15.3. The van der Waals surface area contributed by atoms with Crippen molar-refractivity contribution in [3.05, 3.63) is 22.2 Å². The normalized spacial score (nSPS) is 24.7.